The Kier molecular flexibility index (Phi) is 5.17. The minimum atomic E-state index is -3.62. The Labute approximate surface area is 174 Å². The van der Waals surface area contributed by atoms with Crippen LogP contribution in [0, 0.1) is 0 Å². The number of rotatable bonds is 5. The van der Waals surface area contributed by atoms with Crippen molar-refractivity contribution in [2.24, 2.45) is 0 Å². The second-order valence-electron chi connectivity index (χ2n) is 7.33. The number of amides is 3. The number of carbonyl (C=O) groups is 3. The van der Waals surface area contributed by atoms with Crippen molar-refractivity contribution in [1.82, 2.24) is 9.21 Å². The summed E-state index contributed by atoms with van der Waals surface area (Å²) in [6.07, 6.45) is 1.65. The third-order valence-electron chi connectivity index (χ3n) is 5.40. The summed E-state index contributed by atoms with van der Waals surface area (Å²) >= 11 is 0. The van der Waals surface area contributed by atoms with E-state index in [1.807, 2.05) is 0 Å². The summed E-state index contributed by atoms with van der Waals surface area (Å²) in [5, 5.41) is 2.62. The average Bonchev–Trinajstić information content (AvgIpc) is 3.36. The number of sulfonamides is 1. The van der Waals surface area contributed by atoms with Crippen LogP contribution in [0.2, 0.25) is 0 Å². The van der Waals surface area contributed by atoms with Gasteiger partial charge in [-0.25, -0.2) is 8.42 Å². The average molecular weight is 427 g/mol. The van der Waals surface area contributed by atoms with Crippen LogP contribution >= 0.6 is 0 Å². The van der Waals surface area contributed by atoms with Gasteiger partial charge in [-0.1, -0.05) is 18.2 Å². The van der Waals surface area contributed by atoms with Crippen molar-refractivity contribution >= 4 is 33.4 Å². The third-order valence-corrected chi connectivity index (χ3v) is 7.29. The number of carbonyl (C=O) groups excluding carboxylic acids is 3. The zero-order chi connectivity index (χ0) is 21.5. The number of nitrogens with zero attached hydrogens (tertiary/aromatic N) is 2. The van der Waals surface area contributed by atoms with E-state index in [0.717, 1.165) is 17.7 Å². The fourth-order valence-electron chi connectivity index (χ4n) is 3.74. The molecule has 9 heteroatoms. The Balaban J connectivity index is 1.52. The molecule has 1 fully saturated rings. The summed E-state index contributed by atoms with van der Waals surface area (Å²) in [6.45, 7) is 2.42. The van der Waals surface area contributed by atoms with Crippen LogP contribution in [0.5, 0.6) is 0 Å². The van der Waals surface area contributed by atoms with Gasteiger partial charge in [-0.3, -0.25) is 19.3 Å². The lowest BCUT2D eigenvalue weighted by atomic mass is 10.1. The molecule has 0 spiro atoms. The Bertz CT molecular complexity index is 1100. The molecule has 2 aromatic carbocycles. The monoisotopic (exact) mass is 427 g/mol. The highest BCUT2D eigenvalue weighted by molar-refractivity contribution is 7.89. The van der Waals surface area contributed by atoms with Crippen LogP contribution in [-0.4, -0.2) is 54.5 Å². The van der Waals surface area contributed by atoms with Gasteiger partial charge in [0.05, 0.1) is 16.0 Å². The van der Waals surface area contributed by atoms with Crippen LogP contribution in [0.15, 0.2) is 53.4 Å². The molecule has 1 saturated heterocycles. The normalized spacial score (nSPS) is 17.8. The molecule has 0 aromatic heterocycles. The van der Waals surface area contributed by atoms with Gasteiger partial charge in [0.15, 0.2) is 0 Å². The number of anilines is 1. The van der Waals surface area contributed by atoms with Crippen molar-refractivity contribution in [3.8, 4) is 0 Å². The van der Waals surface area contributed by atoms with Crippen molar-refractivity contribution in [2.45, 2.75) is 30.7 Å². The molecule has 2 aliphatic heterocycles. The maximum Gasteiger partial charge on any atom is 0.262 e. The van der Waals surface area contributed by atoms with Gasteiger partial charge in [0.1, 0.15) is 6.04 Å². The van der Waals surface area contributed by atoms with E-state index in [0.29, 0.717) is 13.1 Å². The zero-order valence-corrected chi connectivity index (χ0v) is 17.2. The van der Waals surface area contributed by atoms with E-state index in [9.17, 15) is 22.8 Å². The van der Waals surface area contributed by atoms with Crippen LogP contribution in [0.1, 0.15) is 40.5 Å². The largest absolute Gasteiger partial charge is 0.324 e. The van der Waals surface area contributed by atoms with Gasteiger partial charge < -0.3 is 5.32 Å². The van der Waals surface area contributed by atoms with Gasteiger partial charge in [-0.15, -0.1) is 0 Å². The van der Waals surface area contributed by atoms with Crippen LogP contribution in [0.4, 0.5) is 5.69 Å². The van der Waals surface area contributed by atoms with Gasteiger partial charge in [-0.2, -0.15) is 4.31 Å². The molecule has 2 aromatic rings. The predicted molar refractivity (Wildman–Crippen MR) is 109 cm³/mol. The highest BCUT2D eigenvalue weighted by Gasteiger charge is 2.40. The lowest BCUT2D eigenvalue weighted by molar-refractivity contribution is -0.119. The number of imide groups is 1. The fourth-order valence-corrected chi connectivity index (χ4v) is 5.30. The Hall–Kier alpha value is -3.04. The molecule has 1 N–H and O–H groups in total. The van der Waals surface area contributed by atoms with Gasteiger partial charge in [0.2, 0.25) is 15.9 Å². The van der Waals surface area contributed by atoms with Crippen molar-refractivity contribution in [3.63, 3.8) is 0 Å². The van der Waals surface area contributed by atoms with E-state index in [4.69, 9.17) is 0 Å². The SMILES string of the molecule is C[C@@H](C(=O)Nc1cccc(S(=O)(=O)N2CCCC2)c1)N1C(=O)c2ccccc2C1=O. The molecule has 0 unspecified atom stereocenters. The first-order valence-corrected chi connectivity index (χ1v) is 11.1. The number of hydrogen-bond donors (Lipinski definition) is 1. The number of fused-ring (bicyclic) bond motifs is 1. The Morgan fingerprint density at radius 3 is 2.17 bits per heavy atom. The molecule has 30 heavy (non-hydrogen) atoms. The van der Waals surface area contributed by atoms with Crippen LogP contribution in [0.25, 0.3) is 0 Å². The van der Waals surface area contributed by atoms with Crippen LogP contribution < -0.4 is 5.32 Å². The molecule has 2 aliphatic rings. The standard InChI is InChI=1S/C21H21N3O5S/c1-14(24-20(26)17-9-2-3-10-18(17)21(24)27)19(25)22-15-7-6-8-16(13-15)30(28,29)23-11-4-5-12-23/h2-3,6-10,13-14H,4-5,11-12H2,1H3,(H,22,25)/t14-/m0/s1. The number of benzene rings is 2. The molecule has 0 bridgehead atoms. The van der Waals surface area contributed by atoms with E-state index in [2.05, 4.69) is 5.32 Å². The fraction of sp³-hybridized carbons (Fsp3) is 0.286. The van der Waals surface area contributed by atoms with Gasteiger partial charge in [-0.05, 0) is 50.1 Å². The van der Waals surface area contributed by atoms with Crippen LogP contribution in [-0.2, 0) is 14.8 Å². The molecule has 1 atom stereocenters. The number of hydrogen-bond acceptors (Lipinski definition) is 5. The molecular weight excluding hydrogens is 406 g/mol. The smallest absolute Gasteiger partial charge is 0.262 e. The van der Waals surface area contributed by atoms with Gasteiger partial charge in [0, 0.05) is 18.8 Å². The minimum absolute atomic E-state index is 0.0931. The second-order valence-corrected chi connectivity index (χ2v) is 9.27. The van der Waals surface area contributed by atoms with E-state index in [1.165, 1.54) is 23.4 Å². The van der Waals surface area contributed by atoms with E-state index in [-0.39, 0.29) is 21.7 Å². The predicted octanol–water partition coefficient (Wildman–Crippen LogP) is 2.09. The quantitative estimate of drug-likeness (QED) is 0.736. The summed E-state index contributed by atoms with van der Waals surface area (Å²) in [5.74, 6) is -1.63. The lowest BCUT2D eigenvalue weighted by Gasteiger charge is -2.22. The van der Waals surface area contributed by atoms with Crippen molar-refractivity contribution in [3.05, 3.63) is 59.7 Å². The van der Waals surface area contributed by atoms with Gasteiger partial charge >= 0.3 is 0 Å². The molecule has 4 rings (SSSR count). The summed E-state index contributed by atoms with van der Waals surface area (Å²) < 4.78 is 26.9. The summed E-state index contributed by atoms with van der Waals surface area (Å²) in [6, 6.07) is 11.3. The van der Waals surface area contributed by atoms with Gasteiger partial charge in [0.25, 0.3) is 11.8 Å². The summed E-state index contributed by atoms with van der Waals surface area (Å²) in [4.78, 5) is 38.9. The molecule has 156 valence electrons. The van der Waals surface area contributed by atoms with E-state index in [1.54, 1.807) is 36.4 Å². The first kappa shape index (κ1) is 20.2. The first-order chi connectivity index (χ1) is 14.3. The Morgan fingerprint density at radius 2 is 1.57 bits per heavy atom. The maximum atomic E-state index is 12.7. The molecule has 0 aliphatic carbocycles. The molecule has 2 heterocycles. The molecule has 8 nitrogen and oxygen atoms in total. The summed E-state index contributed by atoms with van der Waals surface area (Å²) in [5.41, 5.74) is 0.811. The second kappa shape index (κ2) is 7.66. The third kappa shape index (κ3) is 3.40. The highest BCUT2D eigenvalue weighted by atomic mass is 32.2. The molecule has 0 radical (unpaired) electrons. The lowest BCUT2D eigenvalue weighted by Crippen LogP contribution is -2.45. The first-order valence-electron chi connectivity index (χ1n) is 9.69. The Morgan fingerprint density at radius 1 is 0.967 bits per heavy atom. The molecule has 0 saturated carbocycles. The maximum absolute atomic E-state index is 12.7. The number of nitrogens with one attached hydrogen (secondary N) is 1. The van der Waals surface area contributed by atoms with E-state index < -0.39 is 33.8 Å². The van der Waals surface area contributed by atoms with Crippen molar-refractivity contribution in [1.29, 1.82) is 0 Å². The highest BCUT2D eigenvalue weighted by Crippen LogP contribution is 2.26. The summed E-state index contributed by atoms with van der Waals surface area (Å²) in [7, 11) is -3.62. The molecular formula is C21H21N3O5S. The topological polar surface area (TPSA) is 104 Å². The van der Waals surface area contributed by atoms with E-state index >= 15 is 0 Å². The minimum Gasteiger partial charge on any atom is -0.324 e. The van der Waals surface area contributed by atoms with Crippen LogP contribution in [0.3, 0.4) is 0 Å². The van der Waals surface area contributed by atoms with Crippen molar-refractivity contribution < 1.29 is 22.8 Å². The molecule has 3 amide bonds. The van der Waals surface area contributed by atoms with Crippen molar-refractivity contribution in [2.75, 3.05) is 18.4 Å². The zero-order valence-electron chi connectivity index (χ0n) is 16.4.